The molecule has 346 valence electrons. The fourth-order valence-electron chi connectivity index (χ4n) is 10.5. The molecule has 8 heterocycles. The molecule has 0 aliphatic carbocycles. The van der Waals surface area contributed by atoms with Crippen LogP contribution in [-0.4, -0.2) is 39.0 Å². The first-order valence-corrected chi connectivity index (χ1v) is 24.6. The molecule has 0 bridgehead atoms. The molecule has 8 nitrogen and oxygen atoms in total. The van der Waals surface area contributed by atoms with Crippen LogP contribution in [0.1, 0.15) is 0 Å². The summed E-state index contributed by atoms with van der Waals surface area (Å²) in [5.74, 6) is 0. The predicted octanol–water partition coefficient (Wildman–Crippen LogP) is 15.9. The monoisotopic (exact) mass is 946 g/mol. The van der Waals surface area contributed by atoms with Crippen LogP contribution >= 0.6 is 0 Å². The molecule has 0 aliphatic heterocycles. The van der Waals surface area contributed by atoms with Crippen molar-refractivity contribution in [3.05, 3.63) is 256 Å². The Kier molecular flexibility index (Phi) is 10.3. The van der Waals surface area contributed by atoms with Gasteiger partial charge in [-0.2, -0.15) is 0 Å². The van der Waals surface area contributed by atoms with Crippen molar-refractivity contribution in [3.63, 3.8) is 0 Å². The molecule has 0 radical (unpaired) electrons. The number of benzene rings is 6. The highest BCUT2D eigenvalue weighted by Crippen LogP contribution is 2.40. The molecule has 0 atom stereocenters. The zero-order valence-corrected chi connectivity index (χ0v) is 39.8. The van der Waals surface area contributed by atoms with E-state index in [-0.39, 0.29) is 0 Å². The fourth-order valence-corrected chi connectivity index (χ4v) is 10.5. The summed E-state index contributed by atoms with van der Waals surface area (Å²) in [6, 6.07) is 73.5. The molecule has 0 unspecified atom stereocenters. The number of para-hydroxylation sites is 2. The number of nitrogens with zero attached hydrogens (tertiary/aromatic N) is 8. The van der Waals surface area contributed by atoms with Crippen molar-refractivity contribution in [2.45, 2.75) is 0 Å². The summed E-state index contributed by atoms with van der Waals surface area (Å²) < 4.78 is 4.74. The SMILES string of the molecule is c1ccc2c(c1)c1cc(-c3ccc4c(c3)c3ccccc3n4-c3ccc(-c4cc(-c5ccncc5)cc(-c5ccncc5)n4)cc3)ccc1n2-c1ccc(-c2cc(-c3ccncc3)cc(-c3ccncc3)n2)cc1. The van der Waals surface area contributed by atoms with Gasteiger partial charge < -0.3 is 9.13 Å². The van der Waals surface area contributed by atoms with Crippen LogP contribution < -0.4 is 0 Å². The van der Waals surface area contributed by atoms with Crippen LogP contribution in [0.4, 0.5) is 0 Å². The Morgan fingerprint density at radius 3 is 0.878 bits per heavy atom. The average Bonchev–Trinajstić information content (AvgIpc) is 4.02. The third kappa shape index (κ3) is 7.57. The topological polar surface area (TPSA) is 87.2 Å². The second kappa shape index (κ2) is 17.9. The Morgan fingerprint density at radius 1 is 0.216 bits per heavy atom. The minimum Gasteiger partial charge on any atom is -0.309 e. The van der Waals surface area contributed by atoms with Crippen molar-refractivity contribution in [2.75, 3.05) is 0 Å². The zero-order valence-electron chi connectivity index (χ0n) is 39.8. The van der Waals surface area contributed by atoms with Crippen molar-refractivity contribution in [3.8, 4) is 89.8 Å². The summed E-state index contributed by atoms with van der Waals surface area (Å²) in [4.78, 5) is 27.3. The molecule has 0 fully saturated rings. The lowest BCUT2D eigenvalue weighted by Crippen LogP contribution is -1.95. The maximum Gasteiger partial charge on any atom is 0.0716 e. The first-order chi connectivity index (χ1) is 36.7. The molecule has 0 amide bonds. The van der Waals surface area contributed by atoms with Gasteiger partial charge in [0.2, 0.25) is 0 Å². The first-order valence-electron chi connectivity index (χ1n) is 24.6. The van der Waals surface area contributed by atoms with E-state index in [2.05, 4.69) is 187 Å². The minimum absolute atomic E-state index is 0.893. The second-order valence-electron chi connectivity index (χ2n) is 18.5. The van der Waals surface area contributed by atoms with E-state index in [4.69, 9.17) is 9.97 Å². The van der Waals surface area contributed by atoms with Crippen molar-refractivity contribution >= 4 is 43.6 Å². The maximum atomic E-state index is 5.16. The molecule has 0 saturated heterocycles. The van der Waals surface area contributed by atoms with Gasteiger partial charge in [0.15, 0.2) is 0 Å². The molecule has 0 saturated carbocycles. The van der Waals surface area contributed by atoms with E-state index in [1.807, 2.05) is 98.1 Å². The average molecular weight is 947 g/mol. The van der Waals surface area contributed by atoms with Gasteiger partial charge in [-0.25, -0.2) is 9.97 Å². The summed E-state index contributed by atoms with van der Waals surface area (Å²) in [7, 11) is 0. The van der Waals surface area contributed by atoms with Crippen LogP contribution in [0.5, 0.6) is 0 Å². The van der Waals surface area contributed by atoms with E-state index in [0.29, 0.717) is 0 Å². The molecule has 0 spiro atoms. The maximum absolute atomic E-state index is 5.16. The lowest BCUT2D eigenvalue weighted by atomic mass is 10.0. The number of hydrogen-bond donors (Lipinski definition) is 0. The van der Waals surface area contributed by atoms with Crippen LogP contribution in [0, 0.1) is 0 Å². The number of fused-ring (bicyclic) bond motifs is 6. The molecule has 8 aromatic heterocycles. The van der Waals surface area contributed by atoms with E-state index in [1.165, 1.54) is 21.5 Å². The highest BCUT2D eigenvalue weighted by atomic mass is 15.0. The van der Waals surface area contributed by atoms with E-state index in [1.54, 1.807) is 0 Å². The minimum atomic E-state index is 0.893. The molecule has 0 N–H and O–H groups in total. The molecular formula is C66H42N8. The third-order valence-corrected chi connectivity index (χ3v) is 14.2. The Balaban J connectivity index is 0.814. The number of aromatic nitrogens is 8. The number of pyridine rings is 6. The molecule has 0 aliphatic rings. The lowest BCUT2D eigenvalue weighted by molar-refractivity contribution is 1.18. The summed E-state index contributed by atoms with van der Waals surface area (Å²) >= 11 is 0. The number of rotatable bonds is 9. The Hall–Kier alpha value is -10.2. The summed E-state index contributed by atoms with van der Waals surface area (Å²) in [6.07, 6.45) is 14.5. The van der Waals surface area contributed by atoms with Crippen molar-refractivity contribution in [2.24, 2.45) is 0 Å². The van der Waals surface area contributed by atoms with Crippen LogP contribution in [0.25, 0.3) is 133 Å². The van der Waals surface area contributed by atoms with Gasteiger partial charge in [0.25, 0.3) is 0 Å². The van der Waals surface area contributed by atoms with Crippen LogP contribution in [-0.2, 0) is 0 Å². The summed E-state index contributed by atoms with van der Waals surface area (Å²) in [5.41, 5.74) is 21.1. The van der Waals surface area contributed by atoms with Crippen molar-refractivity contribution < 1.29 is 0 Å². The van der Waals surface area contributed by atoms with Gasteiger partial charge in [0.05, 0.1) is 44.8 Å². The largest absolute Gasteiger partial charge is 0.309 e. The zero-order chi connectivity index (χ0) is 49.0. The fraction of sp³-hybridized carbons (Fsp3) is 0. The van der Waals surface area contributed by atoms with E-state index >= 15 is 0 Å². The number of hydrogen-bond acceptors (Lipinski definition) is 6. The van der Waals surface area contributed by atoms with Gasteiger partial charge in [-0.15, -0.1) is 0 Å². The molecule has 14 aromatic rings. The molecular weight excluding hydrogens is 905 g/mol. The quantitative estimate of drug-likeness (QED) is 0.143. The van der Waals surface area contributed by atoms with Crippen LogP contribution in [0.15, 0.2) is 256 Å². The molecule has 74 heavy (non-hydrogen) atoms. The Morgan fingerprint density at radius 2 is 0.514 bits per heavy atom. The predicted molar refractivity (Wildman–Crippen MR) is 300 cm³/mol. The first kappa shape index (κ1) is 42.7. The van der Waals surface area contributed by atoms with Gasteiger partial charge in [-0.05, 0) is 167 Å². The summed E-state index contributed by atoms with van der Waals surface area (Å²) in [6.45, 7) is 0. The molecule has 14 rings (SSSR count). The lowest BCUT2D eigenvalue weighted by Gasteiger charge is -2.12. The standard InChI is InChI=1S/C66H42N8/c1-3-7-63-55(5-1)57-37-49(13-19-65(57)73(63)53-15-9-45(10-16-53)59-39-51(43-21-29-67-30-22-43)41-61(71-59)47-25-33-69-34-26-47)50-14-20-66-58(38-50)56-6-2-4-8-64(56)74(66)54-17-11-46(12-18-54)60-40-52(44-23-31-68-32-24-44)42-62(72-60)48-27-35-70-36-28-48/h1-42H. The van der Waals surface area contributed by atoms with Crippen LogP contribution in [0.3, 0.4) is 0 Å². The Bertz CT molecular complexity index is 3980. The third-order valence-electron chi connectivity index (χ3n) is 14.2. The summed E-state index contributed by atoms with van der Waals surface area (Å²) in [5, 5.41) is 4.81. The van der Waals surface area contributed by atoms with E-state index in [0.717, 1.165) is 112 Å². The van der Waals surface area contributed by atoms with Crippen molar-refractivity contribution in [1.82, 2.24) is 39.0 Å². The van der Waals surface area contributed by atoms with Gasteiger partial charge in [-0.3, -0.25) is 19.9 Å². The van der Waals surface area contributed by atoms with Gasteiger partial charge in [0.1, 0.15) is 0 Å². The van der Waals surface area contributed by atoms with Crippen LogP contribution in [0.2, 0.25) is 0 Å². The molecule has 6 aromatic carbocycles. The smallest absolute Gasteiger partial charge is 0.0716 e. The van der Waals surface area contributed by atoms with Crippen molar-refractivity contribution in [1.29, 1.82) is 0 Å². The van der Waals surface area contributed by atoms with Gasteiger partial charge in [-0.1, -0.05) is 72.8 Å². The van der Waals surface area contributed by atoms with E-state index in [9.17, 15) is 0 Å². The molecule has 8 heteroatoms. The highest BCUT2D eigenvalue weighted by molar-refractivity contribution is 6.12. The van der Waals surface area contributed by atoms with Gasteiger partial charge in [0, 0.05) is 105 Å². The second-order valence-corrected chi connectivity index (χ2v) is 18.5. The highest BCUT2D eigenvalue weighted by Gasteiger charge is 2.18. The van der Waals surface area contributed by atoms with E-state index < -0.39 is 0 Å². The normalized spacial score (nSPS) is 11.5. The van der Waals surface area contributed by atoms with Gasteiger partial charge >= 0.3 is 0 Å². The Labute approximate surface area is 426 Å².